The highest BCUT2D eigenvalue weighted by molar-refractivity contribution is 5.94. The minimum atomic E-state index is -1.01. The van der Waals surface area contributed by atoms with Crippen LogP contribution >= 0.6 is 0 Å². The Balaban J connectivity index is 1.77. The molecule has 6 N–H and O–H groups in total. The zero-order valence-corrected chi connectivity index (χ0v) is 20.5. The van der Waals surface area contributed by atoms with E-state index in [1.54, 1.807) is 18.3 Å². The number of aromatic amines is 1. The fourth-order valence-corrected chi connectivity index (χ4v) is 4.00. The van der Waals surface area contributed by atoms with E-state index in [1.165, 1.54) is 25.3 Å². The second kappa shape index (κ2) is 13.0. The molecule has 3 aromatic rings. The first-order chi connectivity index (χ1) is 17.7. The Morgan fingerprint density at radius 3 is 2.19 bits per heavy atom. The molecule has 0 radical (unpaired) electrons. The zero-order chi connectivity index (χ0) is 26.8. The van der Waals surface area contributed by atoms with Crippen molar-refractivity contribution in [2.24, 2.45) is 11.7 Å². The van der Waals surface area contributed by atoms with Gasteiger partial charge in [-0.1, -0.05) is 42.5 Å². The van der Waals surface area contributed by atoms with Gasteiger partial charge in [0.05, 0.1) is 6.04 Å². The maximum Gasteiger partial charge on any atom is 0.243 e. The minimum absolute atomic E-state index is 0.0698. The molecule has 10 nitrogen and oxygen atoms in total. The lowest BCUT2D eigenvalue weighted by atomic mass is 9.90. The smallest absolute Gasteiger partial charge is 0.243 e. The summed E-state index contributed by atoms with van der Waals surface area (Å²) < 4.78 is 0. The number of phenolic OH excluding ortho intramolecular Hbond substituents is 1. The maximum absolute atomic E-state index is 13.4. The number of H-pyrrole nitrogens is 1. The van der Waals surface area contributed by atoms with Crippen molar-refractivity contribution >= 4 is 23.5 Å². The number of nitrogens with one attached hydrogen (secondary N) is 3. The molecule has 3 unspecified atom stereocenters. The Hall–Kier alpha value is -4.47. The van der Waals surface area contributed by atoms with Crippen LogP contribution in [0.25, 0.3) is 0 Å². The van der Waals surface area contributed by atoms with Gasteiger partial charge in [-0.25, -0.2) is 4.98 Å². The van der Waals surface area contributed by atoms with E-state index in [0.29, 0.717) is 17.8 Å². The number of phenols is 1. The number of aromatic nitrogens is 2. The highest BCUT2D eigenvalue weighted by Gasteiger charge is 2.30. The van der Waals surface area contributed by atoms with Gasteiger partial charge in [0.25, 0.3) is 0 Å². The fraction of sp³-hybridized carbons (Fsp3) is 0.296. The number of rotatable bonds is 13. The summed E-state index contributed by atoms with van der Waals surface area (Å²) in [5.74, 6) is -2.16. The SMILES string of the molecule is CC(=O)NC(Cc1ccc(O)cc1)C(=O)NC(Cc1ncc[nH]1)C(=O)CC(Cc1ccccc1)C(N)=O. The zero-order valence-electron chi connectivity index (χ0n) is 20.5. The number of aromatic hydroxyl groups is 1. The number of nitrogens with zero attached hydrogens (tertiary/aromatic N) is 1. The molecule has 1 aromatic heterocycles. The lowest BCUT2D eigenvalue weighted by Gasteiger charge is -2.23. The number of carbonyl (C=O) groups excluding carboxylic acids is 4. The molecule has 0 aliphatic rings. The summed E-state index contributed by atoms with van der Waals surface area (Å²) in [6.07, 6.45) is 3.47. The average molecular weight is 506 g/mol. The molecule has 0 fully saturated rings. The first kappa shape index (κ1) is 27.1. The van der Waals surface area contributed by atoms with E-state index in [9.17, 15) is 24.3 Å². The number of benzene rings is 2. The molecule has 37 heavy (non-hydrogen) atoms. The molecule has 0 bridgehead atoms. The Morgan fingerprint density at radius 1 is 0.919 bits per heavy atom. The van der Waals surface area contributed by atoms with Crippen molar-refractivity contribution in [2.75, 3.05) is 0 Å². The topological polar surface area (TPSA) is 167 Å². The lowest BCUT2D eigenvalue weighted by Crippen LogP contribution is -2.53. The molecule has 1 heterocycles. The summed E-state index contributed by atoms with van der Waals surface area (Å²) in [7, 11) is 0. The predicted octanol–water partition coefficient (Wildman–Crippen LogP) is 1.19. The molecule has 0 saturated carbocycles. The standard InChI is InChI=1S/C27H31N5O5/c1-17(33)31-23(14-19-7-9-21(34)10-8-19)27(37)32-22(16-25-29-11-12-30-25)24(35)15-20(26(28)36)13-18-5-3-2-4-6-18/h2-12,20,22-23,34H,13-16H2,1H3,(H2,28,36)(H,29,30)(H,31,33)(H,32,37). The van der Waals surface area contributed by atoms with Crippen LogP contribution in [0, 0.1) is 5.92 Å². The van der Waals surface area contributed by atoms with E-state index in [0.717, 1.165) is 5.56 Å². The van der Waals surface area contributed by atoms with Crippen LogP contribution in [0.5, 0.6) is 5.75 Å². The molecule has 0 saturated heterocycles. The Kier molecular flexibility index (Phi) is 9.54. The lowest BCUT2D eigenvalue weighted by molar-refractivity contribution is -0.132. The Morgan fingerprint density at radius 2 is 1.59 bits per heavy atom. The number of ketones is 1. The molecule has 0 spiro atoms. The second-order valence-corrected chi connectivity index (χ2v) is 8.88. The Labute approximate surface area is 214 Å². The summed E-state index contributed by atoms with van der Waals surface area (Å²) in [5.41, 5.74) is 7.18. The van der Waals surface area contributed by atoms with Crippen LogP contribution in [0.3, 0.4) is 0 Å². The molecule has 3 atom stereocenters. The number of carbonyl (C=O) groups is 4. The van der Waals surface area contributed by atoms with Crippen LogP contribution in [0.4, 0.5) is 0 Å². The van der Waals surface area contributed by atoms with Crippen LogP contribution in [0.2, 0.25) is 0 Å². The predicted molar refractivity (Wildman–Crippen MR) is 136 cm³/mol. The van der Waals surface area contributed by atoms with Crippen molar-refractivity contribution in [3.63, 3.8) is 0 Å². The molecule has 3 rings (SSSR count). The van der Waals surface area contributed by atoms with E-state index in [2.05, 4.69) is 20.6 Å². The maximum atomic E-state index is 13.4. The second-order valence-electron chi connectivity index (χ2n) is 8.88. The third-order valence-electron chi connectivity index (χ3n) is 5.90. The quantitative estimate of drug-likeness (QED) is 0.234. The van der Waals surface area contributed by atoms with Crippen molar-refractivity contribution in [1.82, 2.24) is 20.6 Å². The van der Waals surface area contributed by atoms with E-state index < -0.39 is 35.7 Å². The van der Waals surface area contributed by atoms with E-state index in [1.807, 2.05) is 30.3 Å². The third-order valence-corrected chi connectivity index (χ3v) is 5.90. The highest BCUT2D eigenvalue weighted by atomic mass is 16.3. The molecular weight excluding hydrogens is 474 g/mol. The van der Waals surface area contributed by atoms with Crippen molar-refractivity contribution in [3.8, 4) is 5.75 Å². The Bertz CT molecular complexity index is 1200. The van der Waals surface area contributed by atoms with Crippen LogP contribution in [0.15, 0.2) is 67.0 Å². The van der Waals surface area contributed by atoms with Gasteiger partial charge in [0.2, 0.25) is 17.7 Å². The van der Waals surface area contributed by atoms with Crippen LogP contribution < -0.4 is 16.4 Å². The highest BCUT2D eigenvalue weighted by Crippen LogP contribution is 2.16. The van der Waals surface area contributed by atoms with Crippen molar-refractivity contribution in [2.45, 2.75) is 44.7 Å². The summed E-state index contributed by atoms with van der Waals surface area (Å²) in [6, 6.07) is 13.5. The van der Waals surface area contributed by atoms with Crippen LogP contribution in [-0.4, -0.2) is 50.7 Å². The number of Topliss-reactive ketones (excluding diaryl/α,β-unsaturated/α-hetero) is 1. The van der Waals surface area contributed by atoms with Crippen molar-refractivity contribution in [3.05, 3.63) is 83.9 Å². The monoisotopic (exact) mass is 505 g/mol. The first-order valence-electron chi connectivity index (χ1n) is 11.9. The van der Waals surface area contributed by atoms with Gasteiger partial charge in [-0.3, -0.25) is 19.2 Å². The molecule has 3 amide bonds. The van der Waals surface area contributed by atoms with Crippen LogP contribution in [0.1, 0.15) is 30.3 Å². The number of primary amides is 1. The van der Waals surface area contributed by atoms with Gasteiger partial charge in [-0.05, 0) is 29.7 Å². The number of nitrogens with two attached hydrogens (primary N) is 1. The van der Waals surface area contributed by atoms with E-state index >= 15 is 0 Å². The van der Waals surface area contributed by atoms with Crippen LogP contribution in [-0.2, 0) is 38.4 Å². The molecule has 0 aliphatic carbocycles. The first-order valence-corrected chi connectivity index (χ1v) is 11.9. The molecule has 2 aromatic carbocycles. The number of hydrogen-bond acceptors (Lipinski definition) is 6. The van der Waals surface area contributed by atoms with Crippen molar-refractivity contribution in [1.29, 1.82) is 0 Å². The average Bonchev–Trinajstić information content (AvgIpc) is 3.37. The van der Waals surface area contributed by atoms with Gasteiger partial charge in [-0.15, -0.1) is 0 Å². The molecule has 10 heteroatoms. The largest absolute Gasteiger partial charge is 0.508 e. The molecule has 0 aliphatic heterocycles. The van der Waals surface area contributed by atoms with Crippen molar-refractivity contribution < 1.29 is 24.3 Å². The normalized spacial score (nSPS) is 13.2. The minimum Gasteiger partial charge on any atom is -0.508 e. The summed E-state index contributed by atoms with van der Waals surface area (Å²) in [6.45, 7) is 1.30. The van der Waals surface area contributed by atoms with E-state index in [4.69, 9.17) is 5.73 Å². The van der Waals surface area contributed by atoms with Gasteiger partial charge in [-0.2, -0.15) is 0 Å². The number of hydrogen-bond donors (Lipinski definition) is 5. The number of imidazole rings is 1. The van der Waals surface area contributed by atoms with Gasteiger partial charge in [0.1, 0.15) is 17.6 Å². The molecular formula is C27H31N5O5. The number of amides is 3. The summed E-state index contributed by atoms with van der Waals surface area (Å²) in [5, 5.41) is 14.9. The third kappa shape index (κ3) is 8.60. The van der Waals surface area contributed by atoms with Gasteiger partial charge >= 0.3 is 0 Å². The van der Waals surface area contributed by atoms with Gasteiger partial charge < -0.3 is 26.5 Å². The summed E-state index contributed by atoms with van der Waals surface area (Å²) in [4.78, 5) is 57.7. The van der Waals surface area contributed by atoms with Gasteiger partial charge in [0, 0.05) is 44.5 Å². The summed E-state index contributed by atoms with van der Waals surface area (Å²) >= 11 is 0. The fourth-order valence-electron chi connectivity index (χ4n) is 4.00. The molecule has 194 valence electrons. The van der Waals surface area contributed by atoms with E-state index in [-0.39, 0.29) is 30.8 Å². The van der Waals surface area contributed by atoms with Gasteiger partial charge in [0.15, 0.2) is 5.78 Å².